The summed E-state index contributed by atoms with van der Waals surface area (Å²) in [5.41, 5.74) is 2.68. The minimum atomic E-state index is -0.171. The molecule has 0 aliphatic carbocycles. The third-order valence-corrected chi connectivity index (χ3v) is 4.77. The van der Waals surface area contributed by atoms with Gasteiger partial charge in [0.15, 0.2) is 0 Å². The van der Waals surface area contributed by atoms with Crippen LogP contribution in [-0.4, -0.2) is 34.5 Å². The number of carbonyl (C=O) groups is 1. The number of fused-ring (bicyclic) bond motifs is 1. The maximum absolute atomic E-state index is 13.0. The van der Waals surface area contributed by atoms with E-state index in [0.717, 1.165) is 21.0 Å². The van der Waals surface area contributed by atoms with Crippen molar-refractivity contribution in [2.24, 2.45) is 0 Å². The van der Waals surface area contributed by atoms with Crippen LogP contribution in [0, 0.1) is 0 Å². The second kappa shape index (κ2) is 7.48. The summed E-state index contributed by atoms with van der Waals surface area (Å²) in [7, 11) is 3.36. The first-order valence-electron chi connectivity index (χ1n) is 8.44. The van der Waals surface area contributed by atoms with Gasteiger partial charge in [-0.05, 0) is 48.2 Å². The highest BCUT2D eigenvalue weighted by atomic mass is 79.9. The molecule has 0 bridgehead atoms. The number of hydrogen-bond donors (Lipinski definition) is 0. The van der Waals surface area contributed by atoms with Crippen molar-refractivity contribution < 1.29 is 4.79 Å². The van der Waals surface area contributed by atoms with Crippen LogP contribution in [-0.2, 0) is 6.54 Å². The number of allylic oxidation sites excluding steroid dienone is 1. The molecule has 2 heterocycles. The first kappa shape index (κ1) is 19.0. The number of hydrogen-bond acceptors (Lipinski definition) is 3. The zero-order chi connectivity index (χ0) is 19.7. The summed E-state index contributed by atoms with van der Waals surface area (Å²) >= 11 is 3.46. The van der Waals surface area contributed by atoms with E-state index in [-0.39, 0.29) is 18.0 Å². The van der Waals surface area contributed by atoms with Gasteiger partial charge in [0.2, 0.25) is 0 Å². The van der Waals surface area contributed by atoms with E-state index in [9.17, 15) is 9.59 Å². The number of benzene rings is 1. The number of rotatable bonds is 4. The van der Waals surface area contributed by atoms with Crippen molar-refractivity contribution in [2.45, 2.75) is 13.5 Å². The van der Waals surface area contributed by atoms with E-state index in [0.29, 0.717) is 16.8 Å². The van der Waals surface area contributed by atoms with Gasteiger partial charge in [-0.3, -0.25) is 9.59 Å². The molecular weight excluding hydrogens is 406 g/mol. The van der Waals surface area contributed by atoms with Gasteiger partial charge in [-0.2, -0.15) is 0 Å². The van der Waals surface area contributed by atoms with Crippen molar-refractivity contribution in [1.82, 2.24) is 14.5 Å². The fraction of sp³-hybridized carbons (Fsp3) is 0.190. The molecule has 2 aromatic heterocycles. The zero-order valence-electron chi connectivity index (χ0n) is 15.5. The average molecular weight is 426 g/mol. The Morgan fingerprint density at radius 2 is 1.96 bits per heavy atom. The van der Waals surface area contributed by atoms with Crippen LogP contribution in [0.1, 0.15) is 28.7 Å². The highest BCUT2D eigenvalue weighted by Gasteiger charge is 2.13. The Hall–Kier alpha value is -2.73. The van der Waals surface area contributed by atoms with Crippen molar-refractivity contribution in [3.63, 3.8) is 0 Å². The number of amides is 1. The van der Waals surface area contributed by atoms with Gasteiger partial charge in [0.1, 0.15) is 5.69 Å². The molecule has 0 aliphatic rings. The molecule has 0 atom stereocenters. The molecule has 27 heavy (non-hydrogen) atoms. The summed E-state index contributed by atoms with van der Waals surface area (Å²) in [4.78, 5) is 31.0. The number of nitrogens with zero attached hydrogens (tertiary/aromatic N) is 3. The Balaban J connectivity index is 2.11. The molecule has 3 rings (SSSR count). The van der Waals surface area contributed by atoms with Gasteiger partial charge in [-0.25, -0.2) is 4.98 Å². The van der Waals surface area contributed by atoms with Crippen molar-refractivity contribution in [3.05, 3.63) is 81.0 Å². The van der Waals surface area contributed by atoms with E-state index in [1.807, 2.05) is 37.4 Å². The van der Waals surface area contributed by atoms with Crippen molar-refractivity contribution in [2.75, 3.05) is 14.1 Å². The number of carbonyl (C=O) groups excluding carboxylic acids is 1. The van der Waals surface area contributed by atoms with Gasteiger partial charge in [0.05, 0.1) is 12.2 Å². The fourth-order valence-electron chi connectivity index (χ4n) is 2.91. The third kappa shape index (κ3) is 3.85. The molecule has 0 saturated heterocycles. The minimum Gasteiger partial charge on any atom is -0.343 e. The summed E-state index contributed by atoms with van der Waals surface area (Å²) in [6.45, 7) is 6.24. The molecule has 1 aromatic carbocycles. The lowest BCUT2D eigenvalue weighted by Crippen LogP contribution is -2.24. The SMILES string of the molecule is C=C(C)c1cn(Cc2cccc(C(=O)N(C)C)n2)c(=O)c2ccc(Br)cc12. The van der Waals surface area contributed by atoms with Gasteiger partial charge in [0.25, 0.3) is 11.5 Å². The molecule has 3 aromatic rings. The number of pyridine rings is 2. The van der Waals surface area contributed by atoms with Crippen LogP contribution in [0.3, 0.4) is 0 Å². The number of aromatic nitrogens is 2. The highest BCUT2D eigenvalue weighted by molar-refractivity contribution is 9.10. The van der Waals surface area contributed by atoms with E-state index in [2.05, 4.69) is 27.5 Å². The van der Waals surface area contributed by atoms with Gasteiger partial charge in [-0.15, -0.1) is 0 Å². The van der Waals surface area contributed by atoms with E-state index >= 15 is 0 Å². The first-order valence-corrected chi connectivity index (χ1v) is 9.23. The van der Waals surface area contributed by atoms with Crippen LogP contribution in [0.5, 0.6) is 0 Å². The Morgan fingerprint density at radius 3 is 2.63 bits per heavy atom. The highest BCUT2D eigenvalue weighted by Crippen LogP contribution is 2.25. The molecule has 0 saturated carbocycles. The van der Waals surface area contributed by atoms with Gasteiger partial charge in [-0.1, -0.05) is 28.6 Å². The molecule has 0 radical (unpaired) electrons. The van der Waals surface area contributed by atoms with Crippen LogP contribution in [0.4, 0.5) is 0 Å². The summed E-state index contributed by atoms with van der Waals surface area (Å²) in [5, 5.41) is 1.49. The van der Waals surface area contributed by atoms with E-state index in [4.69, 9.17) is 0 Å². The quantitative estimate of drug-likeness (QED) is 0.635. The molecule has 0 spiro atoms. The lowest BCUT2D eigenvalue weighted by molar-refractivity contribution is 0.0821. The molecule has 138 valence electrons. The van der Waals surface area contributed by atoms with Gasteiger partial charge < -0.3 is 9.47 Å². The third-order valence-electron chi connectivity index (χ3n) is 4.27. The Kier molecular flexibility index (Phi) is 5.28. The summed E-state index contributed by atoms with van der Waals surface area (Å²) in [5.74, 6) is -0.171. The van der Waals surface area contributed by atoms with E-state index in [1.54, 1.807) is 30.8 Å². The van der Waals surface area contributed by atoms with Crippen LogP contribution < -0.4 is 5.56 Å². The monoisotopic (exact) mass is 425 g/mol. The average Bonchev–Trinajstić information content (AvgIpc) is 2.63. The van der Waals surface area contributed by atoms with Gasteiger partial charge >= 0.3 is 0 Å². The molecule has 5 nitrogen and oxygen atoms in total. The summed E-state index contributed by atoms with van der Waals surface area (Å²) in [6.07, 6.45) is 1.81. The second-order valence-electron chi connectivity index (χ2n) is 6.66. The fourth-order valence-corrected chi connectivity index (χ4v) is 3.27. The predicted octanol–water partition coefficient (Wildman–Crippen LogP) is 3.94. The molecule has 0 aliphatic heterocycles. The summed E-state index contributed by atoms with van der Waals surface area (Å²) < 4.78 is 2.53. The summed E-state index contributed by atoms with van der Waals surface area (Å²) in [6, 6.07) is 10.9. The molecule has 0 fully saturated rings. The molecule has 1 amide bonds. The van der Waals surface area contributed by atoms with Gasteiger partial charge in [0, 0.05) is 35.7 Å². The van der Waals surface area contributed by atoms with Crippen LogP contribution in [0.2, 0.25) is 0 Å². The van der Waals surface area contributed by atoms with E-state index < -0.39 is 0 Å². The first-order chi connectivity index (χ1) is 12.8. The maximum atomic E-state index is 13.0. The molecule has 0 unspecified atom stereocenters. The normalized spacial score (nSPS) is 10.8. The lowest BCUT2D eigenvalue weighted by atomic mass is 10.0. The van der Waals surface area contributed by atoms with Crippen molar-refractivity contribution >= 4 is 38.2 Å². The standard InChI is InChI=1S/C21H20BrN3O2/c1-13(2)18-12-25(20(26)16-9-8-14(22)10-17(16)18)11-15-6-5-7-19(23-15)21(27)24(3)4/h5-10,12H,1,11H2,2-4H3. The maximum Gasteiger partial charge on any atom is 0.271 e. The molecule has 6 heteroatoms. The van der Waals surface area contributed by atoms with Crippen molar-refractivity contribution in [1.29, 1.82) is 0 Å². The van der Waals surface area contributed by atoms with Crippen molar-refractivity contribution in [3.8, 4) is 0 Å². The van der Waals surface area contributed by atoms with E-state index in [1.165, 1.54) is 4.90 Å². The van der Waals surface area contributed by atoms with Crippen LogP contribution >= 0.6 is 15.9 Å². The Morgan fingerprint density at radius 1 is 1.22 bits per heavy atom. The van der Waals surface area contributed by atoms with Crippen LogP contribution in [0.15, 0.2) is 58.4 Å². The smallest absolute Gasteiger partial charge is 0.271 e. The topological polar surface area (TPSA) is 55.2 Å². The lowest BCUT2D eigenvalue weighted by Gasteiger charge is -2.14. The Bertz CT molecular complexity index is 1120. The molecule has 0 N–H and O–H groups in total. The minimum absolute atomic E-state index is 0.103. The van der Waals surface area contributed by atoms with Crippen LogP contribution in [0.25, 0.3) is 16.3 Å². The second-order valence-corrected chi connectivity index (χ2v) is 7.58. The predicted molar refractivity (Wildman–Crippen MR) is 112 cm³/mol. The largest absolute Gasteiger partial charge is 0.343 e. The number of halogens is 1. The Labute approximate surface area is 166 Å². The zero-order valence-corrected chi connectivity index (χ0v) is 17.1. The molecular formula is C21H20BrN3O2.